The zero-order chi connectivity index (χ0) is 18.0. The summed E-state index contributed by atoms with van der Waals surface area (Å²) in [5, 5.41) is 14.3. The average molecular weight is 344 g/mol. The molecule has 1 unspecified atom stereocenters. The van der Waals surface area contributed by atoms with E-state index in [1.54, 1.807) is 13.1 Å². The van der Waals surface area contributed by atoms with Crippen LogP contribution in [0.1, 0.15) is 41.0 Å². The first-order valence-electron chi connectivity index (χ1n) is 8.58. The van der Waals surface area contributed by atoms with Crippen LogP contribution in [0.3, 0.4) is 0 Å². The summed E-state index contributed by atoms with van der Waals surface area (Å²) in [7, 11) is 1.65. The molecule has 3 heterocycles. The van der Waals surface area contributed by atoms with Crippen molar-refractivity contribution < 1.29 is 4.79 Å². The molecule has 1 aliphatic rings. The molecule has 1 fully saturated rings. The summed E-state index contributed by atoms with van der Waals surface area (Å²) in [6.45, 7) is 5.07. The van der Waals surface area contributed by atoms with Gasteiger partial charge in [0, 0.05) is 37.9 Å². The molecule has 1 amide bonds. The highest BCUT2D eigenvalue weighted by Crippen LogP contribution is 2.22. The van der Waals surface area contributed by atoms with E-state index in [0.717, 1.165) is 37.3 Å². The van der Waals surface area contributed by atoms with Crippen LogP contribution in [-0.4, -0.2) is 45.0 Å². The van der Waals surface area contributed by atoms with Gasteiger partial charge in [0.25, 0.3) is 11.5 Å². The molecule has 0 radical (unpaired) electrons. The molecule has 0 aliphatic carbocycles. The molecule has 1 aliphatic heterocycles. The summed E-state index contributed by atoms with van der Waals surface area (Å²) < 4.78 is 1.35. The van der Waals surface area contributed by atoms with Crippen molar-refractivity contribution in [2.24, 2.45) is 7.05 Å². The van der Waals surface area contributed by atoms with Crippen LogP contribution in [0.4, 0.5) is 5.82 Å². The molecule has 1 saturated heterocycles. The molecule has 2 aromatic heterocycles. The van der Waals surface area contributed by atoms with E-state index in [4.69, 9.17) is 0 Å². The summed E-state index contributed by atoms with van der Waals surface area (Å²) in [5.74, 6) is 0.666. The number of H-pyrrole nitrogens is 1. The fourth-order valence-electron chi connectivity index (χ4n) is 3.34. The van der Waals surface area contributed by atoms with Gasteiger partial charge in [-0.3, -0.25) is 14.7 Å². The van der Waals surface area contributed by atoms with Crippen LogP contribution < -0.4 is 15.8 Å². The third-order valence-electron chi connectivity index (χ3n) is 4.72. The summed E-state index contributed by atoms with van der Waals surface area (Å²) >= 11 is 0. The molecule has 0 saturated carbocycles. The summed E-state index contributed by atoms with van der Waals surface area (Å²) in [6, 6.07) is 3.45. The minimum absolute atomic E-state index is 0.109. The number of hydrogen-bond acceptors (Lipinski definition) is 5. The number of aryl methyl sites for hydroxylation is 3. The van der Waals surface area contributed by atoms with E-state index < -0.39 is 0 Å². The molecular weight excluding hydrogens is 320 g/mol. The number of hydrogen-bond donors (Lipinski definition) is 2. The molecule has 0 aromatic carbocycles. The van der Waals surface area contributed by atoms with Crippen molar-refractivity contribution in [2.45, 2.75) is 39.2 Å². The third kappa shape index (κ3) is 3.57. The van der Waals surface area contributed by atoms with Crippen molar-refractivity contribution in [2.75, 3.05) is 18.0 Å². The van der Waals surface area contributed by atoms with Gasteiger partial charge in [-0.25, -0.2) is 4.68 Å². The number of carbonyl (C=O) groups excluding carboxylic acids is 1. The van der Waals surface area contributed by atoms with Crippen LogP contribution >= 0.6 is 0 Å². The predicted octanol–water partition coefficient (Wildman–Crippen LogP) is 0.909. The smallest absolute Gasteiger partial charge is 0.266 e. The summed E-state index contributed by atoms with van der Waals surface area (Å²) in [4.78, 5) is 26.2. The zero-order valence-corrected chi connectivity index (χ0v) is 14.9. The number of amides is 1. The van der Waals surface area contributed by atoms with Crippen LogP contribution in [0.25, 0.3) is 0 Å². The number of aromatic amines is 1. The van der Waals surface area contributed by atoms with Gasteiger partial charge in [0.05, 0.1) is 11.3 Å². The maximum absolute atomic E-state index is 12.5. The van der Waals surface area contributed by atoms with E-state index in [1.165, 1.54) is 10.7 Å². The molecule has 134 valence electrons. The van der Waals surface area contributed by atoms with E-state index in [2.05, 4.69) is 25.5 Å². The van der Waals surface area contributed by atoms with Crippen LogP contribution in [0.2, 0.25) is 0 Å². The quantitative estimate of drug-likeness (QED) is 0.859. The van der Waals surface area contributed by atoms with E-state index in [9.17, 15) is 9.59 Å². The van der Waals surface area contributed by atoms with Gasteiger partial charge in [-0.15, -0.1) is 0 Å². The van der Waals surface area contributed by atoms with Crippen molar-refractivity contribution in [3.05, 3.63) is 39.4 Å². The van der Waals surface area contributed by atoms with Crippen molar-refractivity contribution in [3.8, 4) is 0 Å². The molecule has 3 rings (SSSR count). The maximum atomic E-state index is 12.5. The predicted molar refractivity (Wildman–Crippen MR) is 94.9 cm³/mol. The lowest BCUT2D eigenvalue weighted by Crippen LogP contribution is -2.47. The molecule has 8 nitrogen and oxygen atoms in total. The minimum atomic E-state index is -0.128. The Bertz CT molecular complexity index is 805. The molecule has 8 heteroatoms. The van der Waals surface area contributed by atoms with Crippen LogP contribution in [0.15, 0.2) is 16.9 Å². The van der Waals surface area contributed by atoms with Gasteiger partial charge in [0.1, 0.15) is 5.82 Å². The number of rotatable bonds is 4. The van der Waals surface area contributed by atoms with Gasteiger partial charge in [0.15, 0.2) is 0 Å². The summed E-state index contributed by atoms with van der Waals surface area (Å²) in [5.41, 5.74) is 1.96. The van der Waals surface area contributed by atoms with E-state index in [-0.39, 0.29) is 17.5 Å². The third-order valence-corrected chi connectivity index (χ3v) is 4.72. The Labute approximate surface area is 146 Å². The second kappa shape index (κ2) is 7.08. The second-order valence-corrected chi connectivity index (χ2v) is 6.52. The van der Waals surface area contributed by atoms with Gasteiger partial charge < -0.3 is 10.2 Å². The molecule has 2 aromatic rings. The highest BCUT2D eigenvalue weighted by atomic mass is 16.1. The molecule has 25 heavy (non-hydrogen) atoms. The highest BCUT2D eigenvalue weighted by molar-refractivity contribution is 5.96. The van der Waals surface area contributed by atoms with Crippen molar-refractivity contribution in [1.29, 1.82) is 0 Å². The lowest BCUT2D eigenvalue weighted by molar-refractivity contribution is 0.0948. The van der Waals surface area contributed by atoms with Crippen molar-refractivity contribution >= 4 is 11.7 Å². The van der Waals surface area contributed by atoms with Gasteiger partial charge in [-0.2, -0.15) is 10.2 Å². The fraction of sp³-hybridized carbons (Fsp3) is 0.529. The largest absolute Gasteiger partial charge is 0.350 e. The number of piperidine rings is 1. The molecular formula is C17H24N6O2. The van der Waals surface area contributed by atoms with Gasteiger partial charge in [-0.05, 0) is 39.2 Å². The number of anilines is 1. The Hall–Kier alpha value is -2.64. The zero-order valence-electron chi connectivity index (χ0n) is 14.9. The van der Waals surface area contributed by atoms with Crippen molar-refractivity contribution in [3.63, 3.8) is 0 Å². The maximum Gasteiger partial charge on any atom is 0.266 e. The minimum Gasteiger partial charge on any atom is -0.350 e. The first-order valence-corrected chi connectivity index (χ1v) is 8.58. The monoisotopic (exact) mass is 344 g/mol. The molecule has 2 N–H and O–H groups in total. The Morgan fingerprint density at radius 1 is 1.36 bits per heavy atom. The van der Waals surface area contributed by atoms with Gasteiger partial charge >= 0.3 is 0 Å². The van der Waals surface area contributed by atoms with Gasteiger partial charge in [0.2, 0.25) is 0 Å². The van der Waals surface area contributed by atoms with Crippen LogP contribution in [0.5, 0.6) is 0 Å². The van der Waals surface area contributed by atoms with Crippen molar-refractivity contribution in [1.82, 2.24) is 25.3 Å². The Kier molecular flexibility index (Phi) is 4.87. The lowest BCUT2D eigenvalue weighted by Gasteiger charge is -2.36. The lowest BCUT2D eigenvalue weighted by atomic mass is 10.0. The second-order valence-electron chi connectivity index (χ2n) is 6.52. The fourth-order valence-corrected chi connectivity index (χ4v) is 3.34. The first-order chi connectivity index (χ1) is 12.0. The van der Waals surface area contributed by atoms with E-state index in [0.29, 0.717) is 17.8 Å². The first kappa shape index (κ1) is 17.2. The van der Waals surface area contributed by atoms with E-state index in [1.807, 2.05) is 13.8 Å². The van der Waals surface area contributed by atoms with Crippen LogP contribution in [0, 0.1) is 13.8 Å². The molecule has 1 atom stereocenters. The number of nitrogens with one attached hydrogen (secondary N) is 2. The number of nitrogens with zero attached hydrogens (tertiary/aromatic N) is 4. The topological polar surface area (TPSA) is 95.9 Å². The van der Waals surface area contributed by atoms with E-state index >= 15 is 0 Å². The van der Waals surface area contributed by atoms with Crippen LogP contribution in [-0.2, 0) is 7.05 Å². The molecule has 0 spiro atoms. The van der Waals surface area contributed by atoms with Gasteiger partial charge in [-0.1, -0.05) is 0 Å². The SMILES string of the molecule is Cc1n[nH]c(C)c1C(=O)NCC1CCCCN1c1ccc(=O)n(C)n1. The molecule has 0 bridgehead atoms. The Morgan fingerprint density at radius 2 is 2.16 bits per heavy atom. The Morgan fingerprint density at radius 3 is 2.84 bits per heavy atom. The number of aromatic nitrogens is 4. The standard InChI is InChI=1S/C17H24N6O2/c1-11-16(12(2)20-19-11)17(25)18-10-13-6-4-5-9-23(13)14-7-8-15(24)22(3)21-14/h7-8,13H,4-6,9-10H2,1-3H3,(H,18,25)(H,19,20). The normalized spacial score (nSPS) is 17.6. The summed E-state index contributed by atoms with van der Waals surface area (Å²) in [6.07, 6.45) is 3.18. The highest BCUT2D eigenvalue weighted by Gasteiger charge is 2.25. The number of carbonyl (C=O) groups is 1. The average Bonchev–Trinajstić information content (AvgIpc) is 2.94. The Balaban J connectivity index is 1.72.